The SMILES string of the molecule is NCC(O)C(O)C(=O)NC1CC(N)C(OC2OC(CNCCO)CCC2N)C(O)C1OC1OC(CO)C(O)C(N)C1O. The first-order chi connectivity index (χ1) is 19.9. The Labute approximate surface area is 243 Å². The van der Waals surface area contributed by atoms with Crippen molar-refractivity contribution in [1.82, 2.24) is 10.6 Å². The molecule has 2 aliphatic heterocycles. The number of hydrogen-bond acceptors (Lipinski definition) is 17. The number of rotatable bonds is 13. The van der Waals surface area contributed by atoms with Gasteiger partial charge in [0.1, 0.15) is 42.7 Å². The molecule has 1 aliphatic carbocycles. The predicted molar refractivity (Wildman–Crippen MR) is 143 cm³/mol. The van der Waals surface area contributed by atoms with Crippen molar-refractivity contribution in [2.45, 2.75) is 111 Å². The van der Waals surface area contributed by atoms with Crippen LogP contribution in [0.5, 0.6) is 0 Å². The molecular formula is C24H48N6O12. The van der Waals surface area contributed by atoms with Crippen molar-refractivity contribution in [1.29, 1.82) is 0 Å². The van der Waals surface area contributed by atoms with Crippen LogP contribution in [0.3, 0.4) is 0 Å². The van der Waals surface area contributed by atoms with Gasteiger partial charge < -0.3 is 88.3 Å². The highest BCUT2D eigenvalue weighted by atomic mass is 16.7. The van der Waals surface area contributed by atoms with Crippen LogP contribution < -0.4 is 33.6 Å². The molecule has 2 heterocycles. The molecule has 0 aromatic heterocycles. The summed E-state index contributed by atoms with van der Waals surface area (Å²) in [5.41, 5.74) is 23.8. The molecule has 15 unspecified atom stereocenters. The van der Waals surface area contributed by atoms with Gasteiger partial charge in [0.2, 0.25) is 0 Å². The van der Waals surface area contributed by atoms with Crippen molar-refractivity contribution in [3.63, 3.8) is 0 Å². The van der Waals surface area contributed by atoms with Crippen LogP contribution in [0.15, 0.2) is 0 Å². The predicted octanol–water partition coefficient (Wildman–Crippen LogP) is -7.81. The monoisotopic (exact) mass is 612 g/mol. The van der Waals surface area contributed by atoms with Crippen LogP contribution >= 0.6 is 0 Å². The lowest BCUT2D eigenvalue weighted by Gasteiger charge is -2.48. The van der Waals surface area contributed by atoms with Gasteiger partial charge in [0.25, 0.3) is 5.91 Å². The summed E-state index contributed by atoms with van der Waals surface area (Å²) >= 11 is 0. The molecule has 2 saturated heterocycles. The number of carbonyl (C=O) groups is 1. The highest BCUT2D eigenvalue weighted by Gasteiger charge is 2.51. The van der Waals surface area contributed by atoms with E-state index in [4.69, 9.17) is 47.0 Å². The standard InChI is InChI=1S/C24H48N6O12/c25-6-13(33)16(34)22(38)30-12-5-11(27)20(41-23-10(26)2-1-9(39-23)7-29-3-4-31)19(37)21(12)42-24-18(36)15(28)17(35)14(8-32)40-24/h9-21,23-24,29,31-37H,1-8,25-28H2,(H,30,38). The van der Waals surface area contributed by atoms with E-state index in [1.54, 1.807) is 0 Å². The minimum atomic E-state index is -1.90. The van der Waals surface area contributed by atoms with E-state index in [1.165, 1.54) is 0 Å². The van der Waals surface area contributed by atoms with Gasteiger partial charge in [-0.1, -0.05) is 0 Å². The normalized spacial score (nSPS) is 42.6. The average Bonchev–Trinajstić information content (AvgIpc) is 2.97. The third-order valence-corrected chi connectivity index (χ3v) is 7.90. The fourth-order valence-electron chi connectivity index (χ4n) is 5.35. The zero-order valence-electron chi connectivity index (χ0n) is 23.3. The molecule has 3 rings (SSSR count). The van der Waals surface area contributed by atoms with Gasteiger partial charge in [-0.2, -0.15) is 0 Å². The van der Waals surface area contributed by atoms with Crippen LogP contribution in [0, 0.1) is 0 Å². The first-order valence-corrected chi connectivity index (χ1v) is 14.1. The summed E-state index contributed by atoms with van der Waals surface area (Å²) in [6, 6.07) is -3.87. The Hall–Kier alpha value is -1.17. The maximum atomic E-state index is 12.7. The Balaban J connectivity index is 1.80. The summed E-state index contributed by atoms with van der Waals surface area (Å²) in [5, 5.41) is 76.4. The summed E-state index contributed by atoms with van der Waals surface area (Å²) in [7, 11) is 0. The quantitative estimate of drug-likeness (QED) is 0.0858. The molecule has 0 aromatic carbocycles. The van der Waals surface area contributed by atoms with Crippen molar-refractivity contribution < 1.29 is 59.5 Å². The molecule has 0 spiro atoms. The van der Waals surface area contributed by atoms with E-state index in [0.717, 1.165) is 0 Å². The van der Waals surface area contributed by atoms with Crippen LogP contribution in [0.4, 0.5) is 0 Å². The van der Waals surface area contributed by atoms with E-state index in [-0.39, 0.29) is 19.1 Å². The van der Waals surface area contributed by atoms with Gasteiger partial charge >= 0.3 is 0 Å². The molecule has 1 amide bonds. The Bertz CT molecular complexity index is 835. The van der Waals surface area contributed by atoms with Crippen molar-refractivity contribution in [3.05, 3.63) is 0 Å². The molecule has 0 radical (unpaired) electrons. The number of carbonyl (C=O) groups excluding carboxylic acids is 1. The molecule has 0 bridgehead atoms. The topological polar surface area (TPSA) is 324 Å². The molecule has 246 valence electrons. The number of nitrogens with one attached hydrogen (secondary N) is 2. The van der Waals surface area contributed by atoms with Crippen LogP contribution in [0.1, 0.15) is 19.3 Å². The minimum Gasteiger partial charge on any atom is -0.395 e. The zero-order valence-corrected chi connectivity index (χ0v) is 23.3. The van der Waals surface area contributed by atoms with Gasteiger partial charge in [0.05, 0.1) is 37.4 Å². The molecule has 18 nitrogen and oxygen atoms in total. The lowest BCUT2D eigenvalue weighted by molar-refractivity contribution is -0.314. The minimum absolute atomic E-state index is 0.0428. The first kappa shape index (κ1) is 35.3. The van der Waals surface area contributed by atoms with E-state index < -0.39 is 105 Å². The zero-order chi connectivity index (χ0) is 31.1. The molecule has 42 heavy (non-hydrogen) atoms. The second kappa shape index (κ2) is 16.2. The summed E-state index contributed by atoms with van der Waals surface area (Å²) < 4.78 is 23.5. The van der Waals surface area contributed by atoms with Gasteiger partial charge in [0, 0.05) is 25.7 Å². The molecule has 0 aromatic rings. The average molecular weight is 613 g/mol. The van der Waals surface area contributed by atoms with Gasteiger partial charge in [-0.25, -0.2) is 0 Å². The van der Waals surface area contributed by atoms with Crippen molar-refractivity contribution in [2.75, 3.05) is 32.8 Å². The lowest BCUT2D eigenvalue weighted by atomic mass is 9.83. The molecule has 15 atom stereocenters. The van der Waals surface area contributed by atoms with E-state index in [2.05, 4.69) is 10.6 Å². The molecule has 18 heteroatoms. The molecular weight excluding hydrogens is 564 g/mol. The molecule has 17 N–H and O–H groups in total. The van der Waals surface area contributed by atoms with E-state index in [1.807, 2.05) is 0 Å². The Morgan fingerprint density at radius 1 is 0.929 bits per heavy atom. The van der Waals surface area contributed by atoms with E-state index in [0.29, 0.717) is 25.9 Å². The van der Waals surface area contributed by atoms with Crippen LogP contribution in [-0.2, 0) is 23.7 Å². The lowest BCUT2D eigenvalue weighted by Crippen LogP contribution is -2.69. The van der Waals surface area contributed by atoms with Crippen molar-refractivity contribution in [3.8, 4) is 0 Å². The Morgan fingerprint density at radius 3 is 2.26 bits per heavy atom. The number of aliphatic hydroxyl groups is 7. The number of nitrogens with two attached hydrogens (primary N) is 4. The highest BCUT2D eigenvalue weighted by Crippen LogP contribution is 2.31. The Morgan fingerprint density at radius 2 is 1.62 bits per heavy atom. The number of hydrogen-bond donors (Lipinski definition) is 13. The van der Waals surface area contributed by atoms with Gasteiger partial charge in [-0.15, -0.1) is 0 Å². The van der Waals surface area contributed by atoms with Crippen LogP contribution in [0.25, 0.3) is 0 Å². The third kappa shape index (κ3) is 8.51. The molecule has 1 saturated carbocycles. The largest absolute Gasteiger partial charge is 0.395 e. The number of amides is 1. The fraction of sp³-hybridized carbons (Fsp3) is 0.958. The second-order valence-corrected chi connectivity index (χ2v) is 11.0. The van der Waals surface area contributed by atoms with Gasteiger partial charge in [0.15, 0.2) is 18.7 Å². The second-order valence-electron chi connectivity index (χ2n) is 11.0. The van der Waals surface area contributed by atoms with E-state index in [9.17, 15) is 35.4 Å². The van der Waals surface area contributed by atoms with E-state index >= 15 is 0 Å². The Kier molecular flexibility index (Phi) is 13.6. The molecule has 3 aliphatic rings. The van der Waals surface area contributed by atoms with Gasteiger partial charge in [-0.3, -0.25) is 4.79 Å². The van der Waals surface area contributed by atoms with Crippen molar-refractivity contribution in [2.24, 2.45) is 22.9 Å². The third-order valence-electron chi connectivity index (χ3n) is 7.90. The summed E-state index contributed by atoms with van der Waals surface area (Å²) in [4.78, 5) is 12.7. The number of aliphatic hydroxyl groups excluding tert-OH is 7. The van der Waals surface area contributed by atoms with Crippen LogP contribution in [-0.4, -0.2) is 166 Å². The number of ether oxygens (including phenoxy) is 4. The maximum absolute atomic E-state index is 12.7. The summed E-state index contributed by atoms with van der Waals surface area (Å²) in [6.45, 7) is -0.295. The molecule has 3 fully saturated rings. The summed E-state index contributed by atoms with van der Waals surface area (Å²) in [6.07, 6.45) is -13.6. The highest BCUT2D eigenvalue weighted by molar-refractivity contribution is 5.81. The maximum Gasteiger partial charge on any atom is 0.251 e. The smallest absolute Gasteiger partial charge is 0.251 e. The van der Waals surface area contributed by atoms with Crippen LogP contribution in [0.2, 0.25) is 0 Å². The fourth-order valence-corrected chi connectivity index (χ4v) is 5.35. The van der Waals surface area contributed by atoms with Gasteiger partial charge in [-0.05, 0) is 19.3 Å². The van der Waals surface area contributed by atoms with Crippen molar-refractivity contribution >= 4 is 5.91 Å². The summed E-state index contributed by atoms with van der Waals surface area (Å²) in [5.74, 6) is -1.02. The first-order valence-electron chi connectivity index (χ1n) is 14.1.